The predicted molar refractivity (Wildman–Crippen MR) is 110 cm³/mol. The molecule has 1 saturated heterocycles. The van der Waals surface area contributed by atoms with Crippen LogP contribution in [0.5, 0.6) is 0 Å². The molecule has 0 unspecified atom stereocenters. The molecule has 27 heavy (non-hydrogen) atoms. The highest BCUT2D eigenvalue weighted by Crippen LogP contribution is 2.23. The van der Waals surface area contributed by atoms with Crippen molar-refractivity contribution in [1.82, 2.24) is 0 Å². The predicted octanol–water partition coefficient (Wildman–Crippen LogP) is 3.34. The topological polar surface area (TPSA) is 69.7 Å². The van der Waals surface area contributed by atoms with E-state index in [1.54, 1.807) is 24.3 Å². The van der Waals surface area contributed by atoms with Gasteiger partial charge in [0.1, 0.15) is 6.54 Å². The summed E-state index contributed by atoms with van der Waals surface area (Å²) in [4.78, 5) is 14.7. The Morgan fingerprint density at radius 2 is 1.67 bits per heavy atom. The van der Waals surface area contributed by atoms with E-state index in [-0.39, 0.29) is 6.54 Å². The number of benzene rings is 2. The third-order valence-electron chi connectivity index (χ3n) is 4.42. The zero-order valence-electron chi connectivity index (χ0n) is 15.1. The second-order valence-corrected chi connectivity index (χ2v) is 8.88. The fraction of sp³-hybridized carbons (Fsp3) is 0.316. The lowest BCUT2D eigenvalue weighted by Crippen LogP contribution is -2.37. The number of nitrogens with one attached hydrogen (secondary N) is 1. The number of hydrogen-bond donors (Lipinski definition) is 1. The highest BCUT2D eigenvalue weighted by molar-refractivity contribution is 7.92. The van der Waals surface area contributed by atoms with Crippen LogP contribution < -0.4 is 14.5 Å². The Kier molecular flexibility index (Phi) is 5.92. The lowest BCUT2D eigenvalue weighted by molar-refractivity contribution is -0.114. The molecule has 0 radical (unpaired) electrons. The minimum atomic E-state index is -3.61. The summed E-state index contributed by atoms with van der Waals surface area (Å²) in [6.45, 7) is 1.79. The Labute approximate surface area is 164 Å². The van der Waals surface area contributed by atoms with Crippen molar-refractivity contribution in [1.29, 1.82) is 0 Å². The summed E-state index contributed by atoms with van der Waals surface area (Å²) in [7, 11) is -3.61. The molecule has 1 fully saturated rings. The van der Waals surface area contributed by atoms with Gasteiger partial charge in [0.15, 0.2) is 0 Å². The number of carbonyl (C=O) groups excluding carboxylic acids is 1. The molecule has 1 aliphatic rings. The van der Waals surface area contributed by atoms with Crippen LogP contribution in [0.2, 0.25) is 5.02 Å². The van der Waals surface area contributed by atoms with Crippen LogP contribution in [0.1, 0.15) is 12.8 Å². The number of rotatable bonds is 6. The van der Waals surface area contributed by atoms with Gasteiger partial charge in [0.05, 0.1) is 11.9 Å². The highest BCUT2D eigenvalue weighted by Gasteiger charge is 2.21. The van der Waals surface area contributed by atoms with Crippen LogP contribution in [0.4, 0.5) is 17.1 Å². The molecule has 0 saturated carbocycles. The maximum absolute atomic E-state index is 12.4. The number of sulfonamides is 1. The zero-order chi connectivity index (χ0) is 19.4. The fourth-order valence-electron chi connectivity index (χ4n) is 3.07. The molecule has 0 atom stereocenters. The average molecular weight is 408 g/mol. The highest BCUT2D eigenvalue weighted by atomic mass is 35.5. The molecular formula is C19H22ClN3O3S. The summed E-state index contributed by atoms with van der Waals surface area (Å²) in [6, 6.07) is 13.9. The van der Waals surface area contributed by atoms with Crippen molar-refractivity contribution < 1.29 is 13.2 Å². The molecule has 0 aromatic heterocycles. The number of carbonyl (C=O) groups is 1. The van der Waals surface area contributed by atoms with Crippen molar-refractivity contribution in [3.05, 3.63) is 53.6 Å². The second kappa shape index (κ2) is 8.19. The van der Waals surface area contributed by atoms with Gasteiger partial charge in [0.25, 0.3) is 0 Å². The van der Waals surface area contributed by atoms with Gasteiger partial charge in [-0.1, -0.05) is 11.6 Å². The molecule has 1 N–H and O–H groups in total. The number of nitrogens with zero attached hydrogens (tertiary/aromatic N) is 2. The third kappa shape index (κ3) is 5.14. The molecule has 2 aromatic carbocycles. The van der Waals surface area contributed by atoms with Gasteiger partial charge in [0, 0.05) is 29.5 Å². The van der Waals surface area contributed by atoms with E-state index >= 15 is 0 Å². The van der Waals surface area contributed by atoms with Gasteiger partial charge in [-0.25, -0.2) is 8.42 Å². The average Bonchev–Trinajstić information content (AvgIpc) is 3.15. The Morgan fingerprint density at radius 3 is 2.22 bits per heavy atom. The maximum Gasteiger partial charge on any atom is 0.245 e. The summed E-state index contributed by atoms with van der Waals surface area (Å²) >= 11 is 5.85. The van der Waals surface area contributed by atoms with Crippen molar-refractivity contribution in [2.45, 2.75) is 12.8 Å². The van der Waals surface area contributed by atoms with Gasteiger partial charge in [-0.05, 0) is 61.4 Å². The maximum atomic E-state index is 12.4. The molecule has 1 aliphatic heterocycles. The Morgan fingerprint density at radius 1 is 1.07 bits per heavy atom. The molecule has 1 heterocycles. The summed E-state index contributed by atoms with van der Waals surface area (Å²) in [5.74, 6) is -0.413. The van der Waals surface area contributed by atoms with E-state index in [2.05, 4.69) is 10.2 Å². The number of halogens is 1. The van der Waals surface area contributed by atoms with Crippen LogP contribution in [0.3, 0.4) is 0 Å². The lowest BCUT2D eigenvalue weighted by Gasteiger charge is -2.22. The summed E-state index contributed by atoms with van der Waals surface area (Å²) < 4.78 is 25.3. The van der Waals surface area contributed by atoms with E-state index in [0.717, 1.165) is 29.3 Å². The van der Waals surface area contributed by atoms with Crippen molar-refractivity contribution in [3.8, 4) is 0 Å². The largest absolute Gasteiger partial charge is 0.372 e. The molecule has 0 aliphatic carbocycles. The molecule has 144 valence electrons. The minimum absolute atomic E-state index is 0.311. The third-order valence-corrected chi connectivity index (χ3v) is 5.82. The summed E-state index contributed by atoms with van der Waals surface area (Å²) in [5, 5.41) is 3.25. The smallest absolute Gasteiger partial charge is 0.245 e. The van der Waals surface area contributed by atoms with Crippen LogP contribution in [0, 0.1) is 0 Å². The summed E-state index contributed by atoms with van der Waals surface area (Å²) in [6.07, 6.45) is 3.47. The van der Waals surface area contributed by atoms with Crippen LogP contribution in [0.15, 0.2) is 48.5 Å². The first-order chi connectivity index (χ1) is 12.8. The first-order valence-electron chi connectivity index (χ1n) is 8.71. The number of amides is 1. The molecule has 2 aromatic rings. The monoisotopic (exact) mass is 407 g/mol. The fourth-order valence-corrected chi connectivity index (χ4v) is 4.05. The molecule has 8 heteroatoms. The second-order valence-electron chi connectivity index (χ2n) is 6.54. The molecule has 0 spiro atoms. The first-order valence-corrected chi connectivity index (χ1v) is 10.9. The van der Waals surface area contributed by atoms with E-state index in [4.69, 9.17) is 11.6 Å². The van der Waals surface area contributed by atoms with Crippen molar-refractivity contribution in [3.63, 3.8) is 0 Å². The van der Waals surface area contributed by atoms with Crippen molar-refractivity contribution >= 4 is 44.6 Å². The van der Waals surface area contributed by atoms with Crippen molar-refractivity contribution in [2.24, 2.45) is 0 Å². The zero-order valence-corrected chi connectivity index (χ0v) is 16.6. The Balaban J connectivity index is 1.68. The van der Waals surface area contributed by atoms with Gasteiger partial charge < -0.3 is 10.2 Å². The standard InChI is InChI=1S/C19H22ClN3O3S/c1-27(25,26)23(18-8-4-15(20)5-9-18)14-19(24)21-16-6-10-17(11-7-16)22-12-2-3-13-22/h4-11H,2-3,12-14H2,1H3,(H,21,24). The van der Waals surface area contributed by atoms with E-state index in [9.17, 15) is 13.2 Å². The first kappa shape index (κ1) is 19.5. The van der Waals surface area contributed by atoms with Crippen LogP contribution in [-0.4, -0.2) is 40.2 Å². The van der Waals surface area contributed by atoms with Gasteiger partial charge in [-0.2, -0.15) is 0 Å². The van der Waals surface area contributed by atoms with Gasteiger partial charge >= 0.3 is 0 Å². The van der Waals surface area contributed by atoms with Gasteiger partial charge in [-0.3, -0.25) is 9.10 Å². The SMILES string of the molecule is CS(=O)(=O)N(CC(=O)Nc1ccc(N2CCCC2)cc1)c1ccc(Cl)cc1. The van der Waals surface area contributed by atoms with E-state index in [1.807, 2.05) is 24.3 Å². The van der Waals surface area contributed by atoms with Gasteiger partial charge in [0.2, 0.25) is 15.9 Å². The Bertz CT molecular complexity index is 893. The summed E-state index contributed by atoms with van der Waals surface area (Å²) in [5.41, 5.74) is 2.15. The quantitative estimate of drug-likeness (QED) is 0.797. The van der Waals surface area contributed by atoms with E-state index in [0.29, 0.717) is 16.4 Å². The minimum Gasteiger partial charge on any atom is -0.372 e. The normalized spacial score (nSPS) is 14.2. The molecule has 6 nitrogen and oxygen atoms in total. The molecular weight excluding hydrogens is 386 g/mol. The number of hydrogen-bond acceptors (Lipinski definition) is 4. The number of anilines is 3. The van der Waals surface area contributed by atoms with Crippen LogP contribution >= 0.6 is 11.6 Å². The molecule has 1 amide bonds. The molecule has 3 rings (SSSR count). The molecule has 0 bridgehead atoms. The van der Waals surface area contributed by atoms with Crippen LogP contribution in [0.25, 0.3) is 0 Å². The lowest BCUT2D eigenvalue weighted by atomic mass is 10.2. The Hall–Kier alpha value is -2.25. The van der Waals surface area contributed by atoms with Crippen LogP contribution in [-0.2, 0) is 14.8 Å². The van der Waals surface area contributed by atoms with E-state index in [1.165, 1.54) is 12.8 Å². The van der Waals surface area contributed by atoms with Crippen molar-refractivity contribution in [2.75, 3.05) is 40.4 Å². The van der Waals surface area contributed by atoms with E-state index < -0.39 is 15.9 Å². The van der Waals surface area contributed by atoms with Gasteiger partial charge in [-0.15, -0.1) is 0 Å².